The van der Waals surface area contributed by atoms with Gasteiger partial charge in [0.25, 0.3) is 0 Å². The van der Waals surface area contributed by atoms with E-state index in [1.165, 1.54) is 12.1 Å². The molecule has 0 aromatic heterocycles. The molecule has 0 saturated carbocycles. The second-order valence-corrected chi connectivity index (χ2v) is 3.72. The zero-order valence-electron chi connectivity index (χ0n) is 7.16. The van der Waals surface area contributed by atoms with Crippen LogP contribution < -0.4 is 5.73 Å². The van der Waals surface area contributed by atoms with Crippen LogP contribution in [0.4, 0.5) is 3.89 Å². The van der Waals surface area contributed by atoms with Gasteiger partial charge in [-0.3, -0.25) is 0 Å². The van der Waals surface area contributed by atoms with Crippen LogP contribution >= 0.6 is 12.4 Å². The molecule has 0 radical (unpaired) electrons. The second-order valence-electron chi connectivity index (χ2n) is 2.43. The Morgan fingerprint density at radius 3 is 2.64 bits per heavy atom. The van der Waals surface area contributed by atoms with Crippen LogP contribution in [0.3, 0.4) is 0 Å². The fourth-order valence-corrected chi connectivity index (χ4v) is 1.64. The largest absolute Gasteiger partial charge is 0.340 e. The maximum absolute atomic E-state index is 12.6. The molecule has 0 aliphatic heterocycles. The Kier molecular flexibility index (Phi) is 4.85. The van der Waals surface area contributed by atoms with Crippen molar-refractivity contribution in [2.75, 3.05) is 6.54 Å². The van der Waals surface area contributed by atoms with E-state index >= 15 is 0 Å². The van der Waals surface area contributed by atoms with Gasteiger partial charge in [0.05, 0.1) is 0 Å². The number of hydrogen-bond donors (Lipinski definition) is 1. The molecule has 6 heteroatoms. The highest BCUT2D eigenvalue weighted by molar-refractivity contribution is 7.86. The normalized spacial score (nSPS) is 10.1. The van der Waals surface area contributed by atoms with E-state index in [-0.39, 0.29) is 19.0 Å². The van der Waals surface area contributed by atoms with Crippen LogP contribution in [0.5, 0.6) is 0 Å². The van der Waals surface area contributed by atoms with Crippen molar-refractivity contribution >= 4 is 22.6 Å². The topological polar surface area (TPSA) is 60.2 Å². The monoisotopic (exact) mass is 237 g/mol. The average Bonchev–Trinajstić information content (AvgIpc) is 2.04. The quantitative estimate of drug-likeness (QED) is 0.794. The lowest BCUT2D eigenvalue weighted by atomic mass is 10.2. The Balaban J connectivity index is 0.00000169. The molecular formula is C8H9ClFNO2S. The standard InChI is InChI=1S/C8H8FNO2S.ClH/c9-13(11,12)8-4-2-1-3-7(8)5-6-10;/h1,3H,5-6,10H2;1H. The molecule has 1 aromatic carbocycles. The molecule has 0 heterocycles. The Bertz CT molecular complexity index is 394. The molecule has 0 amide bonds. The fraction of sp³-hybridized carbons (Fsp3) is 0.250. The highest BCUT2D eigenvalue weighted by Gasteiger charge is 2.15. The summed E-state index contributed by atoms with van der Waals surface area (Å²) < 4.78 is 33.7. The van der Waals surface area contributed by atoms with Gasteiger partial charge in [-0.05, 0) is 36.7 Å². The lowest BCUT2D eigenvalue weighted by Crippen LogP contribution is -2.06. The maximum Gasteiger partial charge on any atom is 0.340 e. The summed E-state index contributed by atoms with van der Waals surface area (Å²) in [5, 5.41) is 0. The van der Waals surface area contributed by atoms with Gasteiger partial charge in [-0.1, -0.05) is 9.95 Å². The molecule has 0 saturated heterocycles. The molecule has 0 unspecified atom stereocenters. The van der Waals surface area contributed by atoms with Gasteiger partial charge in [0.1, 0.15) is 0 Å². The predicted octanol–water partition coefficient (Wildman–Crippen LogP) is 0.868. The van der Waals surface area contributed by atoms with E-state index in [9.17, 15) is 12.3 Å². The van der Waals surface area contributed by atoms with Crippen LogP contribution in [0.2, 0.25) is 0 Å². The van der Waals surface area contributed by atoms with Gasteiger partial charge in [-0.2, -0.15) is 8.42 Å². The van der Waals surface area contributed by atoms with Crippen LogP contribution in [-0.2, 0) is 16.6 Å². The summed E-state index contributed by atoms with van der Waals surface area (Å²) in [5.74, 6) is 0. The van der Waals surface area contributed by atoms with Crippen molar-refractivity contribution in [2.45, 2.75) is 11.3 Å². The smallest absolute Gasteiger partial charge is 0.330 e. The molecule has 14 heavy (non-hydrogen) atoms. The third kappa shape index (κ3) is 3.14. The van der Waals surface area contributed by atoms with Gasteiger partial charge in [-0.25, -0.2) is 0 Å². The maximum atomic E-state index is 12.6. The minimum atomic E-state index is -4.70. The summed E-state index contributed by atoms with van der Waals surface area (Å²) in [7, 11) is -4.70. The van der Waals surface area contributed by atoms with E-state index in [0.717, 1.165) is 0 Å². The summed E-state index contributed by atoms with van der Waals surface area (Å²) >= 11 is 0. The summed E-state index contributed by atoms with van der Waals surface area (Å²) in [6, 6.07) is 7.54. The van der Waals surface area contributed by atoms with Crippen molar-refractivity contribution in [3.63, 3.8) is 0 Å². The third-order valence-electron chi connectivity index (χ3n) is 1.50. The number of halogens is 2. The fourth-order valence-electron chi connectivity index (χ4n) is 0.975. The average molecular weight is 238 g/mol. The molecule has 0 aliphatic carbocycles. The van der Waals surface area contributed by atoms with Gasteiger partial charge in [0.2, 0.25) is 0 Å². The first-order chi connectivity index (χ1) is 6.05. The Hall–Kier alpha value is -0.830. The molecule has 3 nitrogen and oxygen atoms in total. The molecular weight excluding hydrogens is 229 g/mol. The first-order valence-corrected chi connectivity index (χ1v) is 5.00. The van der Waals surface area contributed by atoms with E-state index in [1.807, 2.05) is 0 Å². The molecule has 0 atom stereocenters. The molecule has 0 aliphatic rings. The van der Waals surface area contributed by atoms with Crippen molar-refractivity contribution in [3.05, 3.63) is 29.8 Å². The molecule has 0 spiro atoms. The second kappa shape index (κ2) is 5.15. The van der Waals surface area contributed by atoms with Gasteiger partial charge in [0.15, 0.2) is 4.90 Å². The Morgan fingerprint density at radius 1 is 1.50 bits per heavy atom. The van der Waals surface area contributed by atoms with E-state index < -0.39 is 15.1 Å². The molecule has 0 bridgehead atoms. The molecule has 0 fully saturated rings. The Labute approximate surface area is 88.7 Å². The zero-order valence-corrected chi connectivity index (χ0v) is 8.79. The zero-order chi connectivity index (χ0) is 9.90. The van der Waals surface area contributed by atoms with E-state index in [2.05, 4.69) is 12.1 Å². The summed E-state index contributed by atoms with van der Waals surface area (Å²) in [5.41, 5.74) is 5.57. The number of hydrogen-bond acceptors (Lipinski definition) is 3. The first-order valence-electron chi connectivity index (χ1n) is 3.61. The lowest BCUT2D eigenvalue weighted by Gasteiger charge is -1.99. The predicted molar refractivity (Wildman–Crippen MR) is 52.4 cm³/mol. The SMILES string of the molecule is Cl.NCCc1ccc#cc1S(=O)(=O)F. The lowest BCUT2D eigenvalue weighted by molar-refractivity contribution is 0.551. The minimum Gasteiger partial charge on any atom is -0.330 e. The molecule has 2 N–H and O–H groups in total. The highest BCUT2D eigenvalue weighted by atomic mass is 35.5. The van der Waals surface area contributed by atoms with Crippen LogP contribution in [0.15, 0.2) is 17.0 Å². The third-order valence-corrected chi connectivity index (χ3v) is 2.35. The minimum absolute atomic E-state index is 0. The van der Waals surface area contributed by atoms with Crippen molar-refractivity contribution in [2.24, 2.45) is 5.73 Å². The van der Waals surface area contributed by atoms with Gasteiger partial charge < -0.3 is 5.73 Å². The molecule has 78 valence electrons. The number of nitrogens with two attached hydrogens (primary N) is 1. The van der Waals surface area contributed by atoms with E-state index in [1.54, 1.807) is 0 Å². The van der Waals surface area contributed by atoms with Gasteiger partial charge in [-0.15, -0.1) is 12.4 Å². The van der Waals surface area contributed by atoms with Gasteiger partial charge >= 0.3 is 10.2 Å². The van der Waals surface area contributed by atoms with Gasteiger partial charge in [0, 0.05) is 0 Å². The van der Waals surface area contributed by atoms with E-state index in [0.29, 0.717) is 12.0 Å². The highest BCUT2D eigenvalue weighted by Crippen LogP contribution is 2.14. The van der Waals surface area contributed by atoms with Crippen molar-refractivity contribution in [1.29, 1.82) is 0 Å². The van der Waals surface area contributed by atoms with Crippen molar-refractivity contribution < 1.29 is 12.3 Å². The Morgan fingerprint density at radius 2 is 2.14 bits per heavy atom. The van der Waals surface area contributed by atoms with Crippen LogP contribution in [0, 0.1) is 12.1 Å². The molecule has 1 rings (SSSR count). The first kappa shape index (κ1) is 13.2. The van der Waals surface area contributed by atoms with Crippen LogP contribution in [0.25, 0.3) is 0 Å². The summed E-state index contributed by atoms with van der Waals surface area (Å²) in [6.45, 7) is 0.264. The number of rotatable bonds is 3. The summed E-state index contributed by atoms with van der Waals surface area (Å²) in [4.78, 5) is -0.458. The van der Waals surface area contributed by atoms with Crippen LogP contribution in [-0.4, -0.2) is 15.0 Å². The summed E-state index contributed by atoms with van der Waals surface area (Å²) in [6.07, 6.45) is 0.309. The molecule has 1 aromatic rings. The van der Waals surface area contributed by atoms with Crippen molar-refractivity contribution in [3.8, 4) is 0 Å². The van der Waals surface area contributed by atoms with Crippen molar-refractivity contribution in [1.82, 2.24) is 0 Å². The van der Waals surface area contributed by atoms with E-state index in [4.69, 9.17) is 5.73 Å². The van der Waals surface area contributed by atoms with Crippen LogP contribution in [0.1, 0.15) is 5.56 Å².